The summed E-state index contributed by atoms with van der Waals surface area (Å²) in [6, 6.07) is 0. The molecule has 0 aromatic rings. The molecule has 0 aromatic heterocycles. The van der Waals surface area contributed by atoms with Crippen molar-refractivity contribution >= 4 is 25.5 Å². The second-order valence-electron chi connectivity index (χ2n) is 15.4. The van der Waals surface area contributed by atoms with Crippen molar-refractivity contribution in [3.05, 3.63) is 72.9 Å². The van der Waals surface area contributed by atoms with Gasteiger partial charge < -0.3 is 27.9 Å². The van der Waals surface area contributed by atoms with Crippen LogP contribution in [-0.2, 0) is 37.5 Å². The van der Waals surface area contributed by atoms with Crippen LogP contribution in [0.25, 0.3) is 0 Å². The Morgan fingerprint density at radius 2 is 1.16 bits per heavy atom. The number of ketones is 1. The Balaban J connectivity index is 4.50. The highest BCUT2D eigenvalue weighted by Gasteiger charge is 2.21. The molecular weight excluding hydrogens is 741 g/mol. The molecule has 0 N–H and O–H groups in total. The summed E-state index contributed by atoms with van der Waals surface area (Å²) >= 11 is 0. The summed E-state index contributed by atoms with van der Waals surface area (Å²) in [4.78, 5) is 49.3. The Kier molecular flexibility index (Phi) is 35.5. The van der Waals surface area contributed by atoms with Crippen LogP contribution in [0.5, 0.6) is 0 Å². The van der Waals surface area contributed by atoms with Gasteiger partial charge in [-0.3, -0.25) is 18.9 Å². The Morgan fingerprint density at radius 1 is 0.614 bits per heavy atom. The van der Waals surface area contributed by atoms with Gasteiger partial charge >= 0.3 is 11.9 Å². The van der Waals surface area contributed by atoms with Crippen LogP contribution in [0.2, 0.25) is 0 Å². The molecule has 0 aliphatic rings. The van der Waals surface area contributed by atoms with Gasteiger partial charge in [-0.25, -0.2) is 0 Å². The Hall–Kier alpha value is -2.88. The third-order valence-corrected chi connectivity index (χ3v) is 9.65. The highest BCUT2D eigenvalue weighted by molar-refractivity contribution is 7.45. The van der Waals surface area contributed by atoms with E-state index in [1.807, 2.05) is 33.3 Å². The minimum absolute atomic E-state index is 0.0549. The number of hydrogen-bond donors (Lipinski definition) is 0. The number of unbranched alkanes of at least 4 members (excludes halogenated alkanes) is 11. The number of phosphoric acid groups is 1. The summed E-state index contributed by atoms with van der Waals surface area (Å²) in [6.45, 7) is 3.85. The van der Waals surface area contributed by atoms with Crippen LogP contribution in [0.15, 0.2) is 72.9 Å². The van der Waals surface area contributed by atoms with Gasteiger partial charge in [-0.1, -0.05) is 126 Å². The van der Waals surface area contributed by atoms with Crippen LogP contribution in [0.3, 0.4) is 0 Å². The molecule has 1 unspecified atom stereocenters. The van der Waals surface area contributed by atoms with Gasteiger partial charge in [0.1, 0.15) is 19.8 Å². The third kappa shape index (κ3) is 41.1. The first kappa shape index (κ1) is 54.1. The van der Waals surface area contributed by atoms with E-state index in [-0.39, 0.29) is 31.8 Å². The number of allylic oxidation sites excluding steroid dienone is 12. The molecule has 0 heterocycles. The van der Waals surface area contributed by atoms with Crippen LogP contribution >= 0.6 is 7.82 Å². The van der Waals surface area contributed by atoms with Crippen LogP contribution in [0, 0.1) is 0 Å². The zero-order valence-electron chi connectivity index (χ0n) is 36.3. The number of carbonyl (C=O) groups excluding carboxylic acids is 3. The van der Waals surface area contributed by atoms with E-state index < -0.39 is 32.5 Å². The molecule has 2 atom stereocenters. The second-order valence-corrected chi connectivity index (χ2v) is 16.8. The summed E-state index contributed by atoms with van der Waals surface area (Å²) in [5, 5.41) is 0. The molecule has 0 saturated carbocycles. The van der Waals surface area contributed by atoms with Gasteiger partial charge in [0, 0.05) is 19.3 Å². The number of nitrogens with zero attached hydrogens (tertiary/aromatic N) is 1. The van der Waals surface area contributed by atoms with Gasteiger partial charge in [0.25, 0.3) is 7.82 Å². The monoisotopic (exact) mass is 820 g/mol. The van der Waals surface area contributed by atoms with E-state index in [0.717, 1.165) is 103 Å². The average molecular weight is 820 g/mol. The number of esters is 2. The fraction of sp³-hybridized carbons (Fsp3) is 0.674. The Labute approximate surface area is 346 Å². The smallest absolute Gasteiger partial charge is 0.306 e. The van der Waals surface area contributed by atoms with Crippen LogP contribution in [0.1, 0.15) is 149 Å². The lowest BCUT2D eigenvalue weighted by atomic mass is 10.1. The maximum absolute atomic E-state index is 12.7. The molecule has 326 valence electrons. The van der Waals surface area contributed by atoms with E-state index in [9.17, 15) is 23.8 Å². The van der Waals surface area contributed by atoms with E-state index in [4.69, 9.17) is 18.5 Å². The number of ether oxygens (including phenoxy) is 2. The summed E-state index contributed by atoms with van der Waals surface area (Å²) < 4.78 is 33.8. The molecule has 0 bridgehead atoms. The summed E-state index contributed by atoms with van der Waals surface area (Å²) in [6.07, 6.45) is 41.9. The standard InChI is InChI=1S/C46H78NO9P/c1-6-8-10-11-12-13-14-15-16-17-18-19-20-23-26-29-33-37-45(49)53-41-44(42-55-57(51,52)54-40-39-47(3,4)5)56-46(50)38-34-30-27-24-21-22-25-28-32-36-43(48)35-31-9-7-2/h8,10,12-13,15-16,18-19,25,28,32,36,44H,6-7,9,11,14,17,20-24,26-27,29-31,33-35,37-42H2,1-5H3/b10-8-,13-12-,16-15-,19-18-,28-25-,36-32+/t44-/m1/s1. The van der Waals surface area contributed by atoms with E-state index in [2.05, 4.69) is 68.5 Å². The molecule has 0 aromatic carbocycles. The lowest BCUT2D eigenvalue weighted by Gasteiger charge is -2.28. The van der Waals surface area contributed by atoms with E-state index in [1.165, 1.54) is 0 Å². The minimum atomic E-state index is -4.66. The summed E-state index contributed by atoms with van der Waals surface area (Å²) in [5.41, 5.74) is 0. The topological polar surface area (TPSA) is 128 Å². The first-order valence-electron chi connectivity index (χ1n) is 21.6. The van der Waals surface area contributed by atoms with Crippen molar-refractivity contribution in [3.8, 4) is 0 Å². The summed E-state index contributed by atoms with van der Waals surface area (Å²) in [5.74, 6) is -0.761. The van der Waals surface area contributed by atoms with Gasteiger partial charge in [-0.15, -0.1) is 0 Å². The Bertz CT molecular complexity index is 1260. The predicted octanol–water partition coefficient (Wildman–Crippen LogP) is 10.8. The fourth-order valence-electron chi connectivity index (χ4n) is 5.27. The summed E-state index contributed by atoms with van der Waals surface area (Å²) in [7, 11) is 1.08. The molecule has 0 rings (SSSR count). The number of quaternary nitrogens is 1. The van der Waals surface area contributed by atoms with Crippen molar-refractivity contribution in [3.63, 3.8) is 0 Å². The highest BCUT2D eigenvalue weighted by Crippen LogP contribution is 2.38. The molecule has 0 aliphatic carbocycles. The van der Waals surface area contributed by atoms with Crippen LogP contribution in [-0.4, -0.2) is 75.8 Å². The average Bonchev–Trinajstić information content (AvgIpc) is 3.15. The molecular formula is C46H78NO9P. The molecule has 57 heavy (non-hydrogen) atoms. The van der Waals surface area contributed by atoms with Crippen molar-refractivity contribution in [1.29, 1.82) is 0 Å². The Morgan fingerprint density at radius 3 is 1.77 bits per heavy atom. The first-order chi connectivity index (χ1) is 27.4. The van der Waals surface area contributed by atoms with Gasteiger partial charge in [-0.05, 0) is 76.7 Å². The van der Waals surface area contributed by atoms with Crippen LogP contribution < -0.4 is 4.89 Å². The lowest BCUT2D eigenvalue weighted by molar-refractivity contribution is -0.870. The molecule has 11 heteroatoms. The van der Waals surface area contributed by atoms with Crippen molar-refractivity contribution in [1.82, 2.24) is 0 Å². The fourth-order valence-corrected chi connectivity index (χ4v) is 6.00. The quantitative estimate of drug-likeness (QED) is 0.0114. The largest absolute Gasteiger partial charge is 0.756 e. The molecule has 0 amide bonds. The van der Waals surface area contributed by atoms with Gasteiger partial charge in [0.15, 0.2) is 11.9 Å². The number of carbonyl (C=O) groups is 3. The van der Waals surface area contributed by atoms with Gasteiger partial charge in [0.2, 0.25) is 0 Å². The van der Waals surface area contributed by atoms with E-state index in [0.29, 0.717) is 30.3 Å². The SMILES string of the molecule is CC/C=C\C/C=C\C/C=C\C/C=C\CCCCCCC(=O)OC[C@H](COP(=O)([O-])OCC[N+](C)(C)C)OC(=O)CCCCCCC/C=C\C=C\C(=O)CCCCC. The third-order valence-electron chi connectivity index (χ3n) is 8.69. The normalized spacial score (nSPS) is 14.2. The number of likely N-dealkylation sites (N-methyl/N-ethyl adjacent to an activating group) is 1. The van der Waals surface area contributed by atoms with Gasteiger partial charge in [-0.2, -0.15) is 0 Å². The van der Waals surface area contributed by atoms with Gasteiger partial charge in [0.05, 0.1) is 27.7 Å². The minimum Gasteiger partial charge on any atom is -0.756 e. The molecule has 0 radical (unpaired) electrons. The first-order valence-corrected chi connectivity index (χ1v) is 23.1. The zero-order chi connectivity index (χ0) is 42.3. The molecule has 0 aliphatic heterocycles. The van der Waals surface area contributed by atoms with Crippen molar-refractivity contribution in [2.75, 3.05) is 47.5 Å². The number of rotatable bonds is 38. The zero-order valence-corrected chi connectivity index (χ0v) is 37.1. The lowest BCUT2D eigenvalue weighted by Crippen LogP contribution is -2.37. The molecule has 0 saturated heterocycles. The highest BCUT2D eigenvalue weighted by atomic mass is 31.2. The van der Waals surface area contributed by atoms with E-state index in [1.54, 1.807) is 6.08 Å². The maximum Gasteiger partial charge on any atom is 0.306 e. The second kappa shape index (κ2) is 37.4. The van der Waals surface area contributed by atoms with Crippen molar-refractivity contribution in [2.24, 2.45) is 0 Å². The maximum atomic E-state index is 12.7. The molecule has 0 fully saturated rings. The number of phosphoric ester groups is 1. The van der Waals surface area contributed by atoms with Crippen molar-refractivity contribution in [2.45, 2.75) is 155 Å². The van der Waals surface area contributed by atoms with Crippen LogP contribution in [0.4, 0.5) is 0 Å². The molecule has 10 nitrogen and oxygen atoms in total. The van der Waals surface area contributed by atoms with E-state index >= 15 is 0 Å². The molecule has 0 spiro atoms. The number of hydrogen-bond acceptors (Lipinski definition) is 9. The van der Waals surface area contributed by atoms with Crippen molar-refractivity contribution < 1.29 is 46.8 Å². The predicted molar refractivity (Wildman–Crippen MR) is 231 cm³/mol.